The Bertz CT molecular complexity index is 446. The Balaban J connectivity index is 2.37. The van der Waals surface area contributed by atoms with Crippen molar-refractivity contribution in [2.24, 2.45) is 10.7 Å². The van der Waals surface area contributed by atoms with Crippen molar-refractivity contribution in [2.75, 3.05) is 45.7 Å². The standard InChI is InChI=1S/C16H28N4O2/c1-13(2)22-15-7-5-14(6-8-15)19-16(17)18-9-10-20(3)11-12-21-4/h5-8,13H,9-12H2,1-4H3,(H3,17,18,19). The molecule has 0 amide bonds. The lowest BCUT2D eigenvalue weighted by Gasteiger charge is -2.14. The van der Waals surface area contributed by atoms with Gasteiger partial charge in [-0.15, -0.1) is 0 Å². The van der Waals surface area contributed by atoms with Gasteiger partial charge in [0.1, 0.15) is 5.75 Å². The molecule has 0 spiro atoms. The van der Waals surface area contributed by atoms with Gasteiger partial charge in [-0.25, -0.2) is 0 Å². The van der Waals surface area contributed by atoms with Crippen LogP contribution in [0.1, 0.15) is 13.8 Å². The molecule has 0 radical (unpaired) electrons. The number of nitrogens with two attached hydrogens (primary N) is 1. The predicted octanol–water partition coefficient (Wildman–Crippen LogP) is 1.78. The van der Waals surface area contributed by atoms with Crippen LogP contribution in [0.4, 0.5) is 5.69 Å². The number of ether oxygens (including phenoxy) is 2. The van der Waals surface area contributed by atoms with Crippen LogP contribution in [0, 0.1) is 0 Å². The molecule has 0 aliphatic carbocycles. The van der Waals surface area contributed by atoms with Gasteiger partial charge in [0.2, 0.25) is 0 Å². The molecular weight excluding hydrogens is 280 g/mol. The van der Waals surface area contributed by atoms with E-state index in [9.17, 15) is 0 Å². The highest BCUT2D eigenvalue weighted by atomic mass is 16.5. The molecule has 0 saturated carbocycles. The minimum atomic E-state index is 0.167. The second kappa shape index (κ2) is 10.0. The average Bonchev–Trinajstić information content (AvgIpc) is 2.46. The number of benzene rings is 1. The summed E-state index contributed by atoms with van der Waals surface area (Å²) in [5, 5.41) is 3.07. The highest BCUT2D eigenvalue weighted by Crippen LogP contribution is 2.16. The zero-order valence-corrected chi connectivity index (χ0v) is 14.0. The zero-order valence-electron chi connectivity index (χ0n) is 14.0. The first-order valence-corrected chi connectivity index (χ1v) is 7.52. The molecule has 1 rings (SSSR count). The fraction of sp³-hybridized carbons (Fsp3) is 0.562. The number of anilines is 1. The van der Waals surface area contributed by atoms with Gasteiger partial charge in [-0.05, 0) is 45.2 Å². The SMILES string of the molecule is COCCN(C)CCN=C(N)Nc1ccc(OC(C)C)cc1. The van der Waals surface area contributed by atoms with Crippen LogP contribution in [-0.2, 0) is 4.74 Å². The van der Waals surface area contributed by atoms with E-state index in [2.05, 4.69) is 15.2 Å². The van der Waals surface area contributed by atoms with Gasteiger partial charge in [-0.3, -0.25) is 4.99 Å². The van der Waals surface area contributed by atoms with E-state index in [4.69, 9.17) is 15.2 Å². The number of hydrogen-bond donors (Lipinski definition) is 2. The van der Waals surface area contributed by atoms with Crippen LogP contribution >= 0.6 is 0 Å². The molecule has 0 atom stereocenters. The summed E-state index contributed by atoms with van der Waals surface area (Å²) in [5.41, 5.74) is 6.77. The van der Waals surface area contributed by atoms with E-state index in [1.54, 1.807) is 7.11 Å². The van der Waals surface area contributed by atoms with Crippen LogP contribution in [0.2, 0.25) is 0 Å². The summed E-state index contributed by atoms with van der Waals surface area (Å²) in [5.74, 6) is 1.26. The Hall–Kier alpha value is -1.79. The normalized spacial score (nSPS) is 12.0. The minimum absolute atomic E-state index is 0.167. The van der Waals surface area contributed by atoms with Crippen LogP contribution < -0.4 is 15.8 Å². The molecule has 1 aromatic carbocycles. The van der Waals surface area contributed by atoms with E-state index >= 15 is 0 Å². The Morgan fingerprint density at radius 3 is 2.55 bits per heavy atom. The molecule has 6 nitrogen and oxygen atoms in total. The molecule has 124 valence electrons. The molecule has 1 aromatic rings. The maximum absolute atomic E-state index is 5.88. The van der Waals surface area contributed by atoms with E-state index in [0.717, 1.165) is 31.1 Å². The molecule has 0 saturated heterocycles. The molecule has 0 bridgehead atoms. The van der Waals surface area contributed by atoms with E-state index in [1.165, 1.54) is 0 Å². The monoisotopic (exact) mass is 308 g/mol. The first-order valence-electron chi connectivity index (χ1n) is 7.52. The maximum Gasteiger partial charge on any atom is 0.193 e. The van der Waals surface area contributed by atoms with Crippen LogP contribution in [0.3, 0.4) is 0 Å². The van der Waals surface area contributed by atoms with E-state index in [-0.39, 0.29) is 6.10 Å². The van der Waals surface area contributed by atoms with Gasteiger partial charge >= 0.3 is 0 Å². The van der Waals surface area contributed by atoms with Gasteiger partial charge in [0.25, 0.3) is 0 Å². The van der Waals surface area contributed by atoms with Gasteiger partial charge in [-0.2, -0.15) is 0 Å². The third kappa shape index (κ3) is 7.85. The second-order valence-corrected chi connectivity index (χ2v) is 5.38. The molecule has 3 N–H and O–H groups in total. The van der Waals surface area contributed by atoms with Crippen LogP contribution in [-0.4, -0.2) is 57.4 Å². The molecule has 0 fully saturated rings. The molecular formula is C16H28N4O2. The number of guanidine groups is 1. The van der Waals surface area contributed by atoms with E-state index < -0.39 is 0 Å². The van der Waals surface area contributed by atoms with Crippen molar-refractivity contribution in [2.45, 2.75) is 20.0 Å². The summed E-state index contributed by atoms with van der Waals surface area (Å²) in [4.78, 5) is 6.46. The smallest absolute Gasteiger partial charge is 0.193 e. The fourth-order valence-electron chi connectivity index (χ4n) is 1.78. The van der Waals surface area contributed by atoms with Gasteiger partial charge in [0.15, 0.2) is 5.96 Å². The Morgan fingerprint density at radius 1 is 1.27 bits per heavy atom. The van der Waals surface area contributed by atoms with Crippen molar-refractivity contribution in [3.05, 3.63) is 24.3 Å². The van der Waals surface area contributed by atoms with Gasteiger partial charge < -0.3 is 25.4 Å². The summed E-state index contributed by atoms with van der Waals surface area (Å²) in [6.45, 7) is 7.09. The summed E-state index contributed by atoms with van der Waals surface area (Å²) in [6.07, 6.45) is 0.167. The Morgan fingerprint density at radius 2 is 1.95 bits per heavy atom. The van der Waals surface area contributed by atoms with Crippen molar-refractivity contribution >= 4 is 11.6 Å². The van der Waals surface area contributed by atoms with Crippen molar-refractivity contribution in [3.63, 3.8) is 0 Å². The number of nitrogens with one attached hydrogen (secondary N) is 1. The number of likely N-dealkylation sites (N-methyl/N-ethyl adjacent to an activating group) is 1. The third-order valence-corrected chi connectivity index (χ3v) is 2.94. The van der Waals surface area contributed by atoms with Gasteiger partial charge in [0, 0.05) is 25.9 Å². The largest absolute Gasteiger partial charge is 0.491 e. The summed E-state index contributed by atoms with van der Waals surface area (Å²) in [7, 11) is 3.73. The summed E-state index contributed by atoms with van der Waals surface area (Å²) >= 11 is 0. The Labute approximate surface area is 133 Å². The van der Waals surface area contributed by atoms with Gasteiger partial charge in [-0.1, -0.05) is 0 Å². The molecule has 0 aromatic heterocycles. The van der Waals surface area contributed by atoms with Crippen molar-refractivity contribution in [3.8, 4) is 5.75 Å². The third-order valence-electron chi connectivity index (χ3n) is 2.94. The quantitative estimate of drug-likeness (QED) is 0.537. The lowest BCUT2D eigenvalue weighted by Crippen LogP contribution is -2.28. The summed E-state index contributed by atoms with van der Waals surface area (Å²) < 4.78 is 10.6. The van der Waals surface area contributed by atoms with E-state index in [1.807, 2.05) is 45.2 Å². The number of hydrogen-bond acceptors (Lipinski definition) is 4. The topological polar surface area (TPSA) is 72.1 Å². The lowest BCUT2D eigenvalue weighted by atomic mass is 10.3. The van der Waals surface area contributed by atoms with Crippen molar-refractivity contribution in [1.82, 2.24) is 4.90 Å². The highest BCUT2D eigenvalue weighted by molar-refractivity contribution is 5.92. The zero-order chi connectivity index (χ0) is 16.4. The molecule has 0 heterocycles. The average molecular weight is 308 g/mol. The number of rotatable bonds is 9. The number of methoxy groups -OCH3 is 1. The van der Waals surface area contributed by atoms with Crippen molar-refractivity contribution in [1.29, 1.82) is 0 Å². The molecule has 22 heavy (non-hydrogen) atoms. The maximum atomic E-state index is 5.88. The number of aliphatic imine (C=N–C) groups is 1. The Kier molecular flexibility index (Phi) is 8.32. The van der Waals surface area contributed by atoms with Crippen LogP contribution in [0.25, 0.3) is 0 Å². The van der Waals surface area contributed by atoms with E-state index in [0.29, 0.717) is 12.5 Å². The molecule has 0 unspecified atom stereocenters. The highest BCUT2D eigenvalue weighted by Gasteiger charge is 2.00. The minimum Gasteiger partial charge on any atom is -0.491 e. The molecule has 0 aliphatic heterocycles. The summed E-state index contributed by atoms with van der Waals surface area (Å²) in [6, 6.07) is 7.66. The predicted molar refractivity (Wildman–Crippen MR) is 91.7 cm³/mol. The van der Waals surface area contributed by atoms with Gasteiger partial charge in [0.05, 0.1) is 19.3 Å². The number of nitrogens with zero attached hydrogens (tertiary/aromatic N) is 2. The first kappa shape index (κ1) is 18.3. The van der Waals surface area contributed by atoms with Crippen molar-refractivity contribution < 1.29 is 9.47 Å². The van der Waals surface area contributed by atoms with Crippen LogP contribution in [0.15, 0.2) is 29.3 Å². The lowest BCUT2D eigenvalue weighted by molar-refractivity contribution is 0.163. The molecule has 0 aliphatic rings. The first-order chi connectivity index (χ1) is 10.5. The fourth-order valence-corrected chi connectivity index (χ4v) is 1.78. The van der Waals surface area contributed by atoms with Crippen LogP contribution in [0.5, 0.6) is 5.75 Å². The second-order valence-electron chi connectivity index (χ2n) is 5.38. The molecule has 6 heteroatoms.